The van der Waals surface area contributed by atoms with Gasteiger partial charge in [-0.15, -0.1) is 0 Å². The summed E-state index contributed by atoms with van der Waals surface area (Å²) in [6, 6.07) is 0. The minimum atomic E-state index is -6.47. The topological polar surface area (TPSA) is 130 Å². The molecule has 0 bridgehead atoms. The van der Waals surface area contributed by atoms with Crippen LogP contribution in [0.4, 0.5) is 48.3 Å². The Labute approximate surface area is 207 Å². The number of hydrogen-bond donors (Lipinski definition) is 3. The molecule has 0 aliphatic heterocycles. The van der Waals surface area contributed by atoms with E-state index in [0.29, 0.717) is 0 Å². The number of esters is 1. The van der Waals surface area contributed by atoms with Crippen LogP contribution in [-0.4, -0.2) is 83.5 Å². The molecular formula is C18H21F11O8S. The van der Waals surface area contributed by atoms with Crippen molar-refractivity contribution in [1.29, 1.82) is 0 Å². The van der Waals surface area contributed by atoms with Crippen molar-refractivity contribution in [2.75, 3.05) is 13.2 Å². The van der Waals surface area contributed by atoms with Crippen LogP contribution < -0.4 is 0 Å². The fraction of sp³-hybridized carbons (Fsp3) is 0.833. The molecule has 0 aromatic heterocycles. The van der Waals surface area contributed by atoms with Gasteiger partial charge >= 0.3 is 39.9 Å². The van der Waals surface area contributed by atoms with Gasteiger partial charge in [0.2, 0.25) is 0 Å². The predicted molar refractivity (Wildman–Crippen MR) is 101 cm³/mol. The molecule has 1 saturated carbocycles. The van der Waals surface area contributed by atoms with Crippen molar-refractivity contribution in [3.8, 4) is 0 Å². The zero-order chi connectivity index (χ0) is 30.3. The fourth-order valence-corrected chi connectivity index (χ4v) is 3.91. The molecule has 4 atom stereocenters. The highest BCUT2D eigenvalue weighted by Gasteiger charge is 2.75. The Bertz CT molecular complexity index is 972. The van der Waals surface area contributed by atoms with Gasteiger partial charge in [0, 0.05) is 11.8 Å². The van der Waals surface area contributed by atoms with Crippen molar-refractivity contribution in [3.05, 3.63) is 12.2 Å². The van der Waals surface area contributed by atoms with Gasteiger partial charge in [0.05, 0.1) is 12.2 Å². The predicted octanol–water partition coefficient (Wildman–Crippen LogP) is 3.54. The molecule has 4 unspecified atom stereocenters. The third-order valence-electron chi connectivity index (χ3n) is 5.97. The third kappa shape index (κ3) is 7.05. The summed E-state index contributed by atoms with van der Waals surface area (Å²) in [5, 5.41) is 14.7. The number of rotatable bonds is 9. The zero-order valence-corrected chi connectivity index (χ0v) is 19.7. The highest BCUT2D eigenvalue weighted by Crippen LogP contribution is 2.55. The number of aliphatic hydroxyl groups is 2. The lowest BCUT2D eigenvalue weighted by Gasteiger charge is -2.47. The molecule has 1 rings (SSSR count). The second kappa shape index (κ2) is 10.7. The number of carbonyl (C=O) groups excluding carboxylic acids is 1. The molecule has 1 fully saturated rings. The summed E-state index contributed by atoms with van der Waals surface area (Å²) < 4.78 is 184. The van der Waals surface area contributed by atoms with Crippen LogP contribution in [-0.2, 0) is 24.4 Å². The fourth-order valence-electron chi connectivity index (χ4n) is 3.68. The molecule has 0 amide bonds. The summed E-state index contributed by atoms with van der Waals surface area (Å²) in [5.41, 5.74) is -10.5. The number of carbonyl (C=O) groups is 1. The van der Waals surface area contributed by atoms with Crippen molar-refractivity contribution in [3.63, 3.8) is 0 Å². The molecule has 0 spiro atoms. The largest absolute Gasteiger partial charge is 0.459 e. The summed E-state index contributed by atoms with van der Waals surface area (Å²) >= 11 is 0. The molecule has 3 N–H and O–H groups in total. The van der Waals surface area contributed by atoms with E-state index in [4.69, 9.17) is 4.55 Å². The van der Waals surface area contributed by atoms with Gasteiger partial charge in [0.25, 0.3) is 5.60 Å². The first kappa shape index (κ1) is 34.3. The number of ether oxygens (including phenoxy) is 2. The maximum absolute atomic E-state index is 13.4. The van der Waals surface area contributed by atoms with Crippen molar-refractivity contribution >= 4 is 16.1 Å². The first-order chi connectivity index (χ1) is 16.6. The van der Waals surface area contributed by atoms with E-state index < -0.39 is 107 Å². The molecular weight excluding hydrogens is 585 g/mol. The molecule has 0 saturated heterocycles. The van der Waals surface area contributed by atoms with Crippen LogP contribution in [0.5, 0.6) is 0 Å². The van der Waals surface area contributed by atoms with E-state index in [1.54, 1.807) is 0 Å². The highest BCUT2D eigenvalue weighted by atomic mass is 32.2. The molecule has 20 heteroatoms. The summed E-state index contributed by atoms with van der Waals surface area (Å²) in [4.78, 5) is 12.1. The average Bonchev–Trinajstić information content (AvgIpc) is 2.69. The van der Waals surface area contributed by atoms with Crippen LogP contribution in [0.25, 0.3) is 0 Å². The van der Waals surface area contributed by atoms with Crippen molar-refractivity contribution < 1.29 is 85.7 Å². The van der Waals surface area contributed by atoms with E-state index in [0.717, 1.165) is 0 Å². The molecule has 8 nitrogen and oxygen atoms in total. The van der Waals surface area contributed by atoms with Gasteiger partial charge in [-0.2, -0.15) is 56.7 Å². The number of halogens is 11. The van der Waals surface area contributed by atoms with Crippen LogP contribution in [0.1, 0.15) is 26.2 Å². The van der Waals surface area contributed by atoms with Crippen molar-refractivity contribution in [2.24, 2.45) is 11.8 Å². The van der Waals surface area contributed by atoms with E-state index in [-0.39, 0.29) is 6.92 Å². The van der Waals surface area contributed by atoms with Gasteiger partial charge in [-0.25, -0.2) is 4.79 Å². The molecule has 1 aliphatic carbocycles. The lowest BCUT2D eigenvalue weighted by Crippen LogP contribution is -2.64. The Balaban J connectivity index is 3.23. The van der Waals surface area contributed by atoms with Gasteiger partial charge in [0.1, 0.15) is 12.7 Å². The molecule has 0 aromatic carbocycles. The second-order valence-corrected chi connectivity index (χ2v) is 10.3. The summed E-state index contributed by atoms with van der Waals surface area (Å²) in [6.07, 6.45) is -25.0. The first-order valence-electron chi connectivity index (χ1n) is 10.1. The van der Waals surface area contributed by atoms with Gasteiger partial charge in [-0.05, 0) is 26.2 Å². The lowest BCUT2D eigenvalue weighted by molar-refractivity contribution is -0.391. The highest BCUT2D eigenvalue weighted by molar-refractivity contribution is 7.86. The first-order valence-corrected chi connectivity index (χ1v) is 11.5. The van der Waals surface area contributed by atoms with E-state index in [2.05, 4.69) is 16.1 Å². The monoisotopic (exact) mass is 606 g/mol. The average molecular weight is 606 g/mol. The maximum atomic E-state index is 13.4. The maximum Gasteiger partial charge on any atom is 0.426 e. The van der Waals surface area contributed by atoms with Crippen LogP contribution in [0.15, 0.2) is 12.2 Å². The Kier molecular flexibility index (Phi) is 9.61. The summed E-state index contributed by atoms with van der Waals surface area (Å²) in [5.74, 6) is -7.34. The third-order valence-corrected chi connectivity index (χ3v) is 6.85. The van der Waals surface area contributed by atoms with Crippen molar-refractivity contribution in [1.82, 2.24) is 0 Å². The van der Waals surface area contributed by atoms with E-state index in [1.165, 1.54) is 0 Å². The minimum absolute atomic E-state index is 0.0569. The van der Waals surface area contributed by atoms with Gasteiger partial charge in [-0.3, -0.25) is 4.55 Å². The molecule has 0 radical (unpaired) electrons. The molecule has 38 heavy (non-hydrogen) atoms. The van der Waals surface area contributed by atoms with Crippen molar-refractivity contribution in [2.45, 2.75) is 67.3 Å². The van der Waals surface area contributed by atoms with Gasteiger partial charge in [-0.1, -0.05) is 6.58 Å². The Morgan fingerprint density at radius 1 is 0.868 bits per heavy atom. The Morgan fingerprint density at radius 2 is 1.32 bits per heavy atom. The molecule has 224 valence electrons. The van der Waals surface area contributed by atoms with Crippen LogP contribution >= 0.6 is 0 Å². The molecule has 1 aliphatic rings. The van der Waals surface area contributed by atoms with Gasteiger partial charge < -0.3 is 19.7 Å². The quantitative estimate of drug-likeness (QED) is 0.157. The summed E-state index contributed by atoms with van der Waals surface area (Å²) in [7, 11) is -5.95. The minimum Gasteiger partial charge on any atom is -0.459 e. The number of hydrogen-bond acceptors (Lipinski definition) is 7. The second-order valence-electron chi connectivity index (χ2n) is 8.74. The number of alkyl halides is 11. The molecule has 0 heterocycles. The van der Waals surface area contributed by atoms with E-state index in [1.807, 2.05) is 0 Å². The van der Waals surface area contributed by atoms with E-state index in [9.17, 15) is 71.7 Å². The smallest absolute Gasteiger partial charge is 0.426 e. The standard InChI is InChI=1S/C18H21F11O8S/c1-8(6-36-7-14(19,20)38(33,34)35)12(30)37-11-4-9(13(2,31)16(21,22)23)3-10(5-11)15(32,17(24,25)26)18(27,28)29/h9-11,31-32H,1,3-7H2,2H3,(H,33,34,35). The van der Waals surface area contributed by atoms with E-state index >= 15 is 0 Å². The summed E-state index contributed by atoms with van der Waals surface area (Å²) in [6.45, 7) is -0.299. The molecule has 0 aromatic rings. The Hall–Kier alpha value is -1.77. The SMILES string of the molecule is C=C(COCC(F)(F)S(=O)(=O)O)C(=O)OC1CC(C(C)(O)C(F)(F)F)CC(C(O)(C(F)(F)F)C(F)(F)F)C1. The zero-order valence-electron chi connectivity index (χ0n) is 18.9. The normalized spacial score (nSPS) is 24.0. The van der Waals surface area contributed by atoms with Crippen LogP contribution in [0, 0.1) is 11.8 Å². The van der Waals surface area contributed by atoms with Gasteiger partial charge in [0.15, 0.2) is 5.60 Å². The van der Waals surface area contributed by atoms with Crippen LogP contribution in [0.3, 0.4) is 0 Å². The Morgan fingerprint density at radius 3 is 1.71 bits per heavy atom. The van der Waals surface area contributed by atoms with Crippen LogP contribution in [0.2, 0.25) is 0 Å². The lowest BCUT2D eigenvalue weighted by atomic mass is 9.66.